The van der Waals surface area contributed by atoms with Crippen molar-refractivity contribution in [3.05, 3.63) is 36.6 Å². The fraction of sp³-hybridized carbons (Fsp3) is 0.500. The standard InChI is InChI=1S/C16H23N5/c1-3-4-12(2)9-19-16-18-8-6-15(20-16)21-10-13-5-7-17-14(13)11-21/h3-4,6,8,13-14,17H,1,5,7,9-11H2,2H3,(H,18,19,20)/b12-4+/t13-,14+/m1/s1. The lowest BCUT2D eigenvalue weighted by Gasteiger charge is -2.18. The van der Waals surface area contributed by atoms with E-state index in [1.165, 1.54) is 12.0 Å². The smallest absolute Gasteiger partial charge is 0.224 e. The minimum atomic E-state index is 0.633. The van der Waals surface area contributed by atoms with Gasteiger partial charge in [-0.05, 0) is 31.9 Å². The van der Waals surface area contributed by atoms with Crippen molar-refractivity contribution >= 4 is 11.8 Å². The first-order valence-corrected chi connectivity index (χ1v) is 7.59. The average Bonchev–Trinajstić information content (AvgIpc) is 3.07. The van der Waals surface area contributed by atoms with Crippen LogP contribution in [0.5, 0.6) is 0 Å². The topological polar surface area (TPSA) is 53.1 Å². The molecule has 0 aliphatic carbocycles. The van der Waals surface area contributed by atoms with Gasteiger partial charge in [0.25, 0.3) is 0 Å². The van der Waals surface area contributed by atoms with Gasteiger partial charge in [0.1, 0.15) is 5.82 Å². The summed E-state index contributed by atoms with van der Waals surface area (Å²) in [6.07, 6.45) is 6.90. The SMILES string of the molecule is C=C/C=C(\C)CNc1nccc(N2C[C@H]3CCN[C@H]3C2)n1. The Hall–Kier alpha value is -1.88. The number of nitrogens with zero attached hydrogens (tertiary/aromatic N) is 3. The normalized spacial score (nSPS) is 25.0. The molecule has 0 unspecified atom stereocenters. The van der Waals surface area contributed by atoms with Crippen molar-refractivity contribution in [1.82, 2.24) is 15.3 Å². The van der Waals surface area contributed by atoms with E-state index in [4.69, 9.17) is 0 Å². The molecule has 0 aromatic carbocycles. The van der Waals surface area contributed by atoms with Crippen molar-refractivity contribution in [1.29, 1.82) is 0 Å². The second-order valence-corrected chi connectivity index (χ2v) is 5.86. The van der Waals surface area contributed by atoms with Crippen LogP contribution >= 0.6 is 0 Å². The van der Waals surface area contributed by atoms with Gasteiger partial charge in [0.15, 0.2) is 0 Å². The maximum atomic E-state index is 4.64. The van der Waals surface area contributed by atoms with E-state index in [1.807, 2.05) is 18.3 Å². The number of allylic oxidation sites excluding steroid dienone is 2. The van der Waals surface area contributed by atoms with Crippen LogP contribution in [0, 0.1) is 5.92 Å². The predicted molar refractivity (Wildman–Crippen MR) is 86.6 cm³/mol. The first-order chi connectivity index (χ1) is 10.3. The molecule has 2 aliphatic heterocycles. The molecule has 0 amide bonds. The van der Waals surface area contributed by atoms with Crippen LogP contribution in [-0.4, -0.2) is 42.2 Å². The van der Waals surface area contributed by atoms with Gasteiger partial charge in [0.2, 0.25) is 5.95 Å². The van der Waals surface area contributed by atoms with Gasteiger partial charge in [-0.2, -0.15) is 4.98 Å². The Bertz CT molecular complexity index is 527. The van der Waals surface area contributed by atoms with E-state index >= 15 is 0 Å². The van der Waals surface area contributed by atoms with Gasteiger partial charge in [-0.3, -0.25) is 0 Å². The molecule has 21 heavy (non-hydrogen) atoms. The monoisotopic (exact) mass is 285 g/mol. The van der Waals surface area contributed by atoms with Crippen molar-refractivity contribution in [2.24, 2.45) is 5.92 Å². The summed E-state index contributed by atoms with van der Waals surface area (Å²) in [5, 5.41) is 6.83. The Kier molecular flexibility index (Phi) is 4.20. The minimum absolute atomic E-state index is 0.633. The molecule has 0 radical (unpaired) electrons. The van der Waals surface area contributed by atoms with Gasteiger partial charge in [0.05, 0.1) is 0 Å². The van der Waals surface area contributed by atoms with Crippen molar-refractivity contribution in [3.8, 4) is 0 Å². The number of hydrogen-bond acceptors (Lipinski definition) is 5. The zero-order chi connectivity index (χ0) is 14.7. The zero-order valence-electron chi connectivity index (χ0n) is 12.5. The molecule has 5 heteroatoms. The number of aromatic nitrogens is 2. The molecule has 2 fully saturated rings. The van der Waals surface area contributed by atoms with Crippen molar-refractivity contribution in [2.45, 2.75) is 19.4 Å². The highest BCUT2D eigenvalue weighted by molar-refractivity contribution is 5.44. The van der Waals surface area contributed by atoms with E-state index in [9.17, 15) is 0 Å². The van der Waals surface area contributed by atoms with E-state index < -0.39 is 0 Å². The average molecular weight is 285 g/mol. The van der Waals surface area contributed by atoms with Crippen LogP contribution in [0.15, 0.2) is 36.6 Å². The van der Waals surface area contributed by atoms with E-state index in [1.54, 1.807) is 6.08 Å². The third-order valence-corrected chi connectivity index (χ3v) is 4.26. The fourth-order valence-electron chi connectivity index (χ4n) is 3.13. The summed E-state index contributed by atoms with van der Waals surface area (Å²) in [4.78, 5) is 11.3. The van der Waals surface area contributed by atoms with Crippen LogP contribution in [0.4, 0.5) is 11.8 Å². The third kappa shape index (κ3) is 3.24. The van der Waals surface area contributed by atoms with Crippen LogP contribution in [0.1, 0.15) is 13.3 Å². The number of hydrogen-bond donors (Lipinski definition) is 2. The third-order valence-electron chi connectivity index (χ3n) is 4.26. The Morgan fingerprint density at radius 3 is 3.29 bits per heavy atom. The molecule has 0 bridgehead atoms. The van der Waals surface area contributed by atoms with E-state index in [-0.39, 0.29) is 0 Å². The molecule has 5 nitrogen and oxygen atoms in total. The number of fused-ring (bicyclic) bond motifs is 1. The van der Waals surface area contributed by atoms with Gasteiger partial charge in [0, 0.05) is 31.9 Å². The Balaban J connectivity index is 1.63. The van der Waals surface area contributed by atoms with Gasteiger partial charge in [-0.1, -0.05) is 24.3 Å². The molecule has 0 spiro atoms. The second-order valence-electron chi connectivity index (χ2n) is 5.86. The Morgan fingerprint density at radius 1 is 1.57 bits per heavy atom. The van der Waals surface area contributed by atoms with E-state index in [0.717, 1.165) is 37.9 Å². The molecule has 2 saturated heterocycles. The van der Waals surface area contributed by atoms with Crippen molar-refractivity contribution in [3.63, 3.8) is 0 Å². The zero-order valence-corrected chi connectivity index (χ0v) is 12.5. The molecule has 1 aromatic rings. The van der Waals surface area contributed by atoms with Gasteiger partial charge in [-0.25, -0.2) is 4.98 Å². The number of rotatable bonds is 5. The van der Waals surface area contributed by atoms with Crippen LogP contribution in [0.3, 0.4) is 0 Å². The summed E-state index contributed by atoms with van der Waals surface area (Å²) < 4.78 is 0. The van der Waals surface area contributed by atoms with Crippen LogP contribution < -0.4 is 15.5 Å². The number of nitrogens with one attached hydrogen (secondary N) is 2. The highest BCUT2D eigenvalue weighted by atomic mass is 15.3. The van der Waals surface area contributed by atoms with Gasteiger partial charge >= 0.3 is 0 Å². The quantitative estimate of drug-likeness (QED) is 0.808. The van der Waals surface area contributed by atoms with Crippen LogP contribution in [0.25, 0.3) is 0 Å². The number of anilines is 2. The summed E-state index contributed by atoms with van der Waals surface area (Å²) in [7, 11) is 0. The summed E-state index contributed by atoms with van der Waals surface area (Å²) >= 11 is 0. The maximum absolute atomic E-state index is 4.64. The molecule has 3 heterocycles. The fourth-order valence-corrected chi connectivity index (χ4v) is 3.13. The summed E-state index contributed by atoms with van der Waals surface area (Å²) in [5.41, 5.74) is 1.21. The van der Waals surface area contributed by atoms with Crippen molar-refractivity contribution in [2.75, 3.05) is 36.4 Å². The molecule has 112 valence electrons. The summed E-state index contributed by atoms with van der Waals surface area (Å²) in [5.74, 6) is 2.48. The molecule has 2 aliphatic rings. The lowest BCUT2D eigenvalue weighted by molar-refractivity contribution is 0.556. The largest absolute Gasteiger partial charge is 0.355 e. The lowest BCUT2D eigenvalue weighted by atomic mass is 10.1. The van der Waals surface area contributed by atoms with Crippen molar-refractivity contribution < 1.29 is 0 Å². The first kappa shape index (κ1) is 14.1. The van der Waals surface area contributed by atoms with Crippen LogP contribution in [-0.2, 0) is 0 Å². The second kappa shape index (κ2) is 6.26. The predicted octanol–water partition coefficient (Wildman–Crippen LogP) is 1.82. The van der Waals surface area contributed by atoms with Crippen LogP contribution in [0.2, 0.25) is 0 Å². The van der Waals surface area contributed by atoms with Gasteiger partial charge in [-0.15, -0.1) is 0 Å². The molecule has 2 atom stereocenters. The Labute approximate surface area is 126 Å². The van der Waals surface area contributed by atoms with Gasteiger partial charge < -0.3 is 15.5 Å². The highest BCUT2D eigenvalue weighted by Crippen LogP contribution is 2.28. The molecule has 0 saturated carbocycles. The van der Waals surface area contributed by atoms with E-state index in [0.29, 0.717) is 12.0 Å². The Morgan fingerprint density at radius 2 is 2.48 bits per heavy atom. The summed E-state index contributed by atoms with van der Waals surface area (Å²) in [6.45, 7) is 9.82. The minimum Gasteiger partial charge on any atom is -0.355 e. The molecular formula is C16H23N5. The molecule has 3 rings (SSSR count). The molecule has 2 N–H and O–H groups in total. The molecular weight excluding hydrogens is 262 g/mol. The summed E-state index contributed by atoms with van der Waals surface area (Å²) in [6, 6.07) is 2.63. The maximum Gasteiger partial charge on any atom is 0.224 e. The lowest BCUT2D eigenvalue weighted by Crippen LogP contribution is -2.30. The first-order valence-electron chi connectivity index (χ1n) is 7.59. The highest BCUT2D eigenvalue weighted by Gasteiger charge is 2.36. The van der Waals surface area contributed by atoms with E-state index in [2.05, 4.69) is 39.0 Å². The molecule has 1 aromatic heterocycles.